The first-order valence-corrected chi connectivity index (χ1v) is 5.28. The zero-order chi connectivity index (χ0) is 8.81. The molecule has 1 heterocycles. The van der Waals surface area contributed by atoms with Gasteiger partial charge in [0.05, 0.1) is 0 Å². The molecule has 68 valence electrons. The maximum atomic E-state index is 10.9. The van der Waals surface area contributed by atoms with Crippen molar-refractivity contribution in [1.82, 2.24) is 5.32 Å². The largest absolute Gasteiger partial charge is 0.305 e. The summed E-state index contributed by atoms with van der Waals surface area (Å²) in [6, 6.07) is 0. The Morgan fingerprint density at radius 1 is 1.67 bits per heavy atom. The third-order valence-corrected chi connectivity index (χ3v) is 2.49. The smallest absolute Gasteiger partial charge is 0.226 e. The molecule has 0 unspecified atom stereocenters. The van der Waals surface area contributed by atoms with Gasteiger partial charge in [0.2, 0.25) is 5.91 Å². The van der Waals surface area contributed by atoms with Crippen LogP contribution in [0.1, 0.15) is 26.2 Å². The van der Waals surface area contributed by atoms with Crippen LogP contribution in [0, 0.1) is 0 Å². The molecule has 1 amide bonds. The number of rotatable bonds is 3. The van der Waals surface area contributed by atoms with Crippen LogP contribution in [0.3, 0.4) is 0 Å². The number of amides is 1. The Kier molecular flexibility index (Phi) is 4.14. The predicted octanol–water partition coefficient (Wildman–Crippen LogP) is 1.40. The van der Waals surface area contributed by atoms with E-state index >= 15 is 0 Å². The summed E-state index contributed by atoms with van der Waals surface area (Å²) in [6.45, 7) is 2.96. The highest BCUT2D eigenvalue weighted by Crippen LogP contribution is 2.09. The predicted molar refractivity (Wildman–Crippen MR) is 52.4 cm³/mol. The van der Waals surface area contributed by atoms with Crippen LogP contribution < -0.4 is 5.32 Å². The average molecular weight is 186 g/mol. The van der Waals surface area contributed by atoms with Crippen LogP contribution in [-0.2, 0) is 4.79 Å². The molecule has 1 rings (SSSR count). The van der Waals surface area contributed by atoms with Crippen LogP contribution in [0.15, 0.2) is 4.99 Å². The van der Waals surface area contributed by atoms with Gasteiger partial charge in [-0.2, -0.15) is 0 Å². The van der Waals surface area contributed by atoms with E-state index in [1.54, 1.807) is 11.8 Å². The first kappa shape index (κ1) is 9.58. The molecule has 0 radical (unpaired) electrons. The standard InChI is InChI=1S/C8H14N2OS/c1-2-3-5-9-8-10-7(11)4-6-12-8/h2-6H2,1H3,(H,9,10,11). The van der Waals surface area contributed by atoms with Crippen molar-refractivity contribution in [3.8, 4) is 0 Å². The minimum Gasteiger partial charge on any atom is -0.305 e. The lowest BCUT2D eigenvalue weighted by molar-refractivity contribution is -0.119. The lowest BCUT2D eigenvalue weighted by Crippen LogP contribution is -2.33. The van der Waals surface area contributed by atoms with E-state index in [0.29, 0.717) is 6.42 Å². The van der Waals surface area contributed by atoms with E-state index in [2.05, 4.69) is 17.2 Å². The summed E-state index contributed by atoms with van der Waals surface area (Å²) in [7, 11) is 0. The number of hydrogen-bond acceptors (Lipinski definition) is 3. The minimum absolute atomic E-state index is 0.101. The Hall–Kier alpha value is -0.510. The molecule has 0 bridgehead atoms. The maximum absolute atomic E-state index is 10.9. The number of amidine groups is 1. The summed E-state index contributed by atoms with van der Waals surface area (Å²) < 4.78 is 0. The number of hydrogen-bond donors (Lipinski definition) is 1. The van der Waals surface area contributed by atoms with E-state index in [1.165, 1.54) is 0 Å². The second-order valence-corrected chi connectivity index (χ2v) is 3.77. The molecule has 0 atom stereocenters. The van der Waals surface area contributed by atoms with Gasteiger partial charge in [-0.3, -0.25) is 9.79 Å². The molecule has 0 aromatic heterocycles. The van der Waals surface area contributed by atoms with E-state index < -0.39 is 0 Å². The van der Waals surface area contributed by atoms with E-state index in [-0.39, 0.29) is 5.91 Å². The van der Waals surface area contributed by atoms with Crippen LogP contribution in [-0.4, -0.2) is 23.4 Å². The number of nitrogens with one attached hydrogen (secondary N) is 1. The molecule has 3 nitrogen and oxygen atoms in total. The lowest BCUT2D eigenvalue weighted by Gasteiger charge is -2.12. The third-order valence-electron chi connectivity index (χ3n) is 1.58. The second-order valence-electron chi connectivity index (χ2n) is 2.69. The summed E-state index contributed by atoms with van der Waals surface area (Å²) >= 11 is 1.64. The fraction of sp³-hybridized carbons (Fsp3) is 0.750. The Bertz CT molecular complexity index is 191. The van der Waals surface area contributed by atoms with Gasteiger partial charge in [-0.1, -0.05) is 25.1 Å². The summed E-state index contributed by atoms with van der Waals surface area (Å²) in [4.78, 5) is 15.2. The van der Waals surface area contributed by atoms with Crippen LogP contribution in [0.4, 0.5) is 0 Å². The Morgan fingerprint density at radius 2 is 2.50 bits per heavy atom. The molecule has 1 saturated heterocycles. The molecular formula is C8H14N2OS. The Balaban J connectivity index is 2.29. The van der Waals surface area contributed by atoms with Gasteiger partial charge in [0.25, 0.3) is 0 Å². The van der Waals surface area contributed by atoms with E-state index in [9.17, 15) is 4.79 Å². The Labute approximate surface area is 77.0 Å². The van der Waals surface area contributed by atoms with Crippen molar-refractivity contribution >= 4 is 22.8 Å². The molecule has 12 heavy (non-hydrogen) atoms. The third kappa shape index (κ3) is 3.26. The second kappa shape index (κ2) is 5.19. The fourth-order valence-corrected chi connectivity index (χ4v) is 1.73. The first-order chi connectivity index (χ1) is 5.83. The molecule has 1 N–H and O–H groups in total. The molecular weight excluding hydrogens is 172 g/mol. The molecule has 4 heteroatoms. The molecule has 1 fully saturated rings. The average Bonchev–Trinajstić information content (AvgIpc) is 2.05. The minimum atomic E-state index is 0.101. The zero-order valence-electron chi connectivity index (χ0n) is 7.30. The fourth-order valence-electron chi connectivity index (χ4n) is 0.882. The van der Waals surface area contributed by atoms with Crippen LogP contribution >= 0.6 is 11.8 Å². The van der Waals surface area contributed by atoms with Crippen molar-refractivity contribution in [2.24, 2.45) is 4.99 Å². The van der Waals surface area contributed by atoms with Gasteiger partial charge in [0, 0.05) is 18.7 Å². The van der Waals surface area contributed by atoms with Crippen molar-refractivity contribution in [2.75, 3.05) is 12.3 Å². The van der Waals surface area contributed by atoms with E-state index in [0.717, 1.165) is 30.3 Å². The normalized spacial score (nSPS) is 21.1. The number of thioether (sulfide) groups is 1. The quantitative estimate of drug-likeness (QED) is 0.677. The van der Waals surface area contributed by atoms with Crippen LogP contribution in [0.2, 0.25) is 0 Å². The summed E-state index contributed by atoms with van der Waals surface area (Å²) in [6.07, 6.45) is 2.87. The van der Waals surface area contributed by atoms with Crippen molar-refractivity contribution in [1.29, 1.82) is 0 Å². The van der Waals surface area contributed by atoms with Crippen LogP contribution in [0.5, 0.6) is 0 Å². The summed E-state index contributed by atoms with van der Waals surface area (Å²) in [5, 5.41) is 3.55. The molecule has 0 aromatic rings. The highest BCUT2D eigenvalue weighted by Gasteiger charge is 2.12. The summed E-state index contributed by atoms with van der Waals surface area (Å²) in [5.41, 5.74) is 0. The van der Waals surface area contributed by atoms with Gasteiger partial charge in [-0.25, -0.2) is 0 Å². The van der Waals surface area contributed by atoms with Crippen molar-refractivity contribution in [3.05, 3.63) is 0 Å². The maximum Gasteiger partial charge on any atom is 0.226 e. The Morgan fingerprint density at radius 3 is 3.17 bits per heavy atom. The van der Waals surface area contributed by atoms with Crippen molar-refractivity contribution in [2.45, 2.75) is 26.2 Å². The number of nitrogens with zero attached hydrogens (tertiary/aromatic N) is 1. The number of carbonyl (C=O) groups is 1. The van der Waals surface area contributed by atoms with Crippen molar-refractivity contribution in [3.63, 3.8) is 0 Å². The lowest BCUT2D eigenvalue weighted by atomic mass is 10.3. The van der Waals surface area contributed by atoms with Gasteiger partial charge < -0.3 is 5.32 Å². The van der Waals surface area contributed by atoms with Gasteiger partial charge in [-0.05, 0) is 6.42 Å². The molecule has 0 saturated carbocycles. The molecule has 1 aliphatic rings. The van der Waals surface area contributed by atoms with Crippen LogP contribution in [0.25, 0.3) is 0 Å². The highest BCUT2D eigenvalue weighted by molar-refractivity contribution is 8.14. The SMILES string of the molecule is CCCCN=C1NC(=O)CCS1. The molecule has 1 aliphatic heterocycles. The van der Waals surface area contributed by atoms with Gasteiger partial charge in [-0.15, -0.1) is 0 Å². The van der Waals surface area contributed by atoms with Gasteiger partial charge in [0.1, 0.15) is 0 Å². The summed E-state index contributed by atoms with van der Waals surface area (Å²) in [5.74, 6) is 0.973. The number of carbonyl (C=O) groups excluding carboxylic acids is 1. The van der Waals surface area contributed by atoms with E-state index in [1.807, 2.05) is 0 Å². The molecule has 0 aromatic carbocycles. The zero-order valence-corrected chi connectivity index (χ0v) is 8.12. The van der Waals surface area contributed by atoms with Gasteiger partial charge >= 0.3 is 0 Å². The van der Waals surface area contributed by atoms with E-state index in [4.69, 9.17) is 0 Å². The number of aliphatic imine (C=N–C) groups is 1. The number of unbranched alkanes of at least 4 members (excludes halogenated alkanes) is 1. The molecule has 0 aliphatic carbocycles. The topological polar surface area (TPSA) is 41.5 Å². The highest BCUT2D eigenvalue weighted by atomic mass is 32.2. The first-order valence-electron chi connectivity index (χ1n) is 4.30. The molecule has 0 spiro atoms. The van der Waals surface area contributed by atoms with Crippen molar-refractivity contribution < 1.29 is 4.79 Å². The monoisotopic (exact) mass is 186 g/mol. The van der Waals surface area contributed by atoms with Gasteiger partial charge in [0.15, 0.2) is 5.17 Å².